The lowest BCUT2D eigenvalue weighted by molar-refractivity contribution is 0.628. The summed E-state index contributed by atoms with van der Waals surface area (Å²) in [7, 11) is 0. The second-order valence-electron chi connectivity index (χ2n) is 13.9. The summed E-state index contributed by atoms with van der Waals surface area (Å²) in [4.78, 5) is 63.5. The molecule has 0 radical (unpaired) electrons. The molecule has 0 aliphatic carbocycles. The van der Waals surface area contributed by atoms with Crippen LogP contribution >= 0.6 is 0 Å². The van der Waals surface area contributed by atoms with Gasteiger partial charge in [0.05, 0.1) is 58.0 Å². The van der Waals surface area contributed by atoms with Gasteiger partial charge < -0.3 is 20.6 Å². The molecule has 0 aliphatic rings. The van der Waals surface area contributed by atoms with Gasteiger partial charge in [0.25, 0.3) is 11.1 Å². The molecule has 0 aliphatic heterocycles. The quantitative estimate of drug-likeness (QED) is 0.112. The Kier molecular flexibility index (Phi) is 10.2. The first-order valence-electron chi connectivity index (χ1n) is 19.3. The highest BCUT2D eigenvalue weighted by Gasteiger charge is 2.23. The largest absolute Gasteiger partial charge is 0.358 e. The number of aromatic amines is 2. The van der Waals surface area contributed by atoms with Crippen molar-refractivity contribution in [2.45, 2.75) is 32.4 Å². The predicted octanol–water partition coefficient (Wildman–Crippen LogP) is 7.72. The van der Waals surface area contributed by atoms with Crippen LogP contribution in [0.3, 0.4) is 0 Å². The zero-order valence-corrected chi connectivity index (χ0v) is 32.6. The smallest absolute Gasteiger partial charge is 0.269 e. The van der Waals surface area contributed by atoms with Gasteiger partial charge in [0.15, 0.2) is 17.3 Å². The van der Waals surface area contributed by atoms with Gasteiger partial charge in [0.2, 0.25) is 0 Å². The molecule has 17 heteroatoms. The molecule has 0 saturated heterocycles. The van der Waals surface area contributed by atoms with Crippen LogP contribution in [0.1, 0.15) is 44.0 Å². The maximum absolute atomic E-state index is 14.6. The number of halogens is 2. The third-order valence-electron chi connectivity index (χ3n) is 10.1. The zero-order chi connectivity index (χ0) is 42.0. The number of hydrogen-bond donors (Lipinski definition) is 4. The molecule has 10 aromatic rings. The van der Waals surface area contributed by atoms with Crippen LogP contribution in [0, 0.1) is 11.6 Å². The number of anilines is 2. The molecule has 0 bridgehead atoms. The normalized spacial score (nSPS) is 12.3. The number of rotatable bonds is 9. The van der Waals surface area contributed by atoms with Gasteiger partial charge in [-0.1, -0.05) is 49.4 Å². The Labute approximate surface area is 344 Å². The van der Waals surface area contributed by atoms with Gasteiger partial charge in [0.1, 0.15) is 46.0 Å². The number of aromatic nitrogens is 11. The number of fused-ring (bicyclic) bond motifs is 4. The van der Waals surface area contributed by atoms with E-state index < -0.39 is 23.2 Å². The number of benzene rings is 4. The zero-order valence-electron chi connectivity index (χ0n) is 32.6. The summed E-state index contributed by atoms with van der Waals surface area (Å²) >= 11 is 0. The molecular weight excluding hydrogens is 781 g/mol. The second kappa shape index (κ2) is 16.2. The van der Waals surface area contributed by atoms with E-state index in [0.717, 1.165) is 5.52 Å². The molecule has 10 rings (SSSR count). The van der Waals surface area contributed by atoms with Crippen molar-refractivity contribution in [3.8, 4) is 11.4 Å². The number of imidazole rings is 2. The van der Waals surface area contributed by atoms with E-state index in [9.17, 15) is 18.4 Å². The topological polar surface area (TPSA) is 190 Å². The average molecular weight is 816 g/mol. The highest BCUT2D eigenvalue weighted by Crippen LogP contribution is 2.28. The Morgan fingerprint density at radius 2 is 1.41 bits per heavy atom. The predicted molar refractivity (Wildman–Crippen MR) is 229 cm³/mol. The summed E-state index contributed by atoms with van der Waals surface area (Å²) in [6.07, 6.45) is 6.86. The number of pyridine rings is 1. The van der Waals surface area contributed by atoms with Crippen molar-refractivity contribution in [1.82, 2.24) is 54.0 Å². The first-order chi connectivity index (χ1) is 29.8. The molecule has 2 unspecified atom stereocenters. The number of nitrogens with one attached hydrogen (secondary N) is 4. The molecule has 6 aromatic heterocycles. The van der Waals surface area contributed by atoms with Crippen molar-refractivity contribution < 1.29 is 8.78 Å². The van der Waals surface area contributed by atoms with Crippen LogP contribution < -0.4 is 21.8 Å². The van der Waals surface area contributed by atoms with Crippen molar-refractivity contribution in [3.05, 3.63) is 172 Å². The molecule has 0 amide bonds. The SMILES string of the molecule is CC(Nc1ncnc2nc[nH]c12)c1nc2ccc(F)cc2c(=O)n1-c1ccccc1.CCC(Nc1nccc2[nH]cnc12)c1nc2cccc(F)c2c(=O)n1-c1ccccc1. The minimum Gasteiger partial charge on any atom is -0.358 e. The second-order valence-corrected chi connectivity index (χ2v) is 13.9. The molecule has 15 nitrogen and oxygen atoms in total. The first kappa shape index (κ1) is 38.3. The molecule has 6 heterocycles. The Bertz CT molecular complexity index is 3320. The Balaban J connectivity index is 0.000000156. The van der Waals surface area contributed by atoms with E-state index in [-0.39, 0.29) is 22.4 Å². The standard InChI is InChI=1S/C23H19FN6O.C21H16FN7O/c1-2-16(28-21-20-18(11-12-25-21)26-13-27-20)22-29-17-10-6-9-15(24)19(17)23(31)30(22)14-7-4-3-5-8-14;1-12(27-19-17-18(24-10-23-17)25-11-26-19)20-28-16-8-7-13(22)9-15(16)21(30)29(20)14-5-3-2-4-6-14/h3-13,16H,2H2,1H3,(H,25,28)(H,26,27);2-12H,1H3,(H2,23,24,25,26,27). The van der Waals surface area contributed by atoms with Crippen molar-refractivity contribution in [1.29, 1.82) is 0 Å². The van der Waals surface area contributed by atoms with Gasteiger partial charge in [0, 0.05) is 6.20 Å². The number of H-pyrrole nitrogens is 2. The monoisotopic (exact) mass is 815 g/mol. The highest BCUT2D eigenvalue weighted by molar-refractivity contribution is 5.86. The van der Waals surface area contributed by atoms with E-state index in [1.807, 2.05) is 68.4 Å². The molecule has 0 saturated carbocycles. The van der Waals surface area contributed by atoms with Gasteiger partial charge in [-0.25, -0.2) is 43.7 Å². The van der Waals surface area contributed by atoms with E-state index >= 15 is 0 Å². The van der Waals surface area contributed by atoms with Crippen LogP contribution in [0.15, 0.2) is 138 Å². The number of hydrogen-bond acceptors (Lipinski definition) is 11. The minimum absolute atomic E-state index is 0.0301. The van der Waals surface area contributed by atoms with E-state index in [0.29, 0.717) is 68.8 Å². The minimum atomic E-state index is -0.588. The summed E-state index contributed by atoms with van der Waals surface area (Å²) in [5.41, 5.74) is 3.93. The fraction of sp³-hybridized carbons (Fsp3) is 0.114. The van der Waals surface area contributed by atoms with Gasteiger partial charge in [-0.05, 0) is 74.0 Å². The van der Waals surface area contributed by atoms with Crippen LogP contribution in [-0.2, 0) is 0 Å². The van der Waals surface area contributed by atoms with E-state index in [1.165, 1.54) is 46.1 Å². The third kappa shape index (κ3) is 7.28. The highest BCUT2D eigenvalue weighted by atomic mass is 19.1. The summed E-state index contributed by atoms with van der Waals surface area (Å²) in [5.74, 6) is 0.998. The molecule has 0 fully saturated rings. The molecule has 4 N–H and O–H groups in total. The van der Waals surface area contributed by atoms with Crippen molar-refractivity contribution in [2.75, 3.05) is 10.6 Å². The molecule has 61 heavy (non-hydrogen) atoms. The van der Waals surface area contributed by atoms with E-state index in [4.69, 9.17) is 4.98 Å². The maximum atomic E-state index is 14.6. The Morgan fingerprint density at radius 1 is 0.689 bits per heavy atom. The molecule has 302 valence electrons. The first-order valence-corrected chi connectivity index (χ1v) is 19.3. The van der Waals surface area contributed by atoms with Crippen molar-refractivity contribution in [2.24, 2.45) is 0 Å². The number of para-hydroxylation sites is 2. The van der Waals surface area contributed by atoms with Crippen LogP contribution in [0.2, 0.25) is 0 Å². The number of nitrogens with zero attached hydrogens (tertiary/aromatic N) is 9. The summed E-state index contributed by atoms with van der Waals surface area (Å²) in [6.45, 7) is 3.86. The van der Waals surface area contributed by atoms with E-state index in [1.54, 1.807) is 36.8 Å². The van der Waals surface area contributed by atoms with Gasteiger partial charge in [-0.15, -0.1) is 0 Å². The van der Waals surface area contributed by atoms with Gasteiger partial charge in [-0.3, -0.25) is 18.7 Å². The third-order valence-corrected chi connectivity index (χ3v) is 10.1. The lowest BCUT2D eigenvalue weighted by atomic mass is 10.1. The molecule has 2 atom stereocenters. The Morgan fingerprint density at radius 3 is 2.16 bits per heavy atom. The van der Waals surface area contributed by atoms with E-state index in [2.05, 4.69) is 50.5 Å². The maximum Gasteiger partial charge on any atom is 0.269 e. The molecule has 0 spiro atoms. The Hall–Kier alpha value is -8.21. The lowest BCUT2D eigenvalue weighted by Gasteiger charge is -2.22. The summed E-state index contributed by atoms with van der Waals surface area (Å²) in [5, 5.41) is 6.85. The summed E-state index contributed by atoms with van der Waals surface area (Å²) < 4.78 is 31.3. The van der Waals surface area contributed by atoms with Crippen LogP contribution in [0.4, 0.5) is 20.4 Å². The summed E-state index contributed by atoms with van der Waals surface area (Å²) in [6, 6.07) is 27.8. The van der Waals surface area contributed by atoms with Crippen LogP contribution in [0.25, 0.3) is 55.4 Å². The van der Waals surface area contributed by atoms with Gasteiger partial charge >= 0.3 is 0 Å². The molecular formula is C44H35F2N13O2. The van der Waals surface area contributed by atoms with Crippen LogP contribution in [0.5, 0.6) is 0 Å². The lowest BCUT2D eigenvalue weighted by Crippen LogP contribution is -2.28. The van der Waals surface area contributed by atoms with Crippen LogP contribution in [-0.4, -0.2) is 54.0 Å². The average Bonchev–Trinajstić information content (AvgIpc) is 3.98. The fourth-order valence-corrected chi connectivity index (χ4v) is 7.19. The fourth-order valence-electron chi connectivity index (χ4n) is 7.19. The van der Waals surface area contributed by atoms with Gasteiger partial charge in [-0.2, -0.15) is 0 Å². The van der Waals surface area contributed by atoms with Crippen molar-refractivity contribution >= 4 is 55.6 Å². The molecule has 4 aromatic carbocycles. The van der Waals surface area contributed by atoms with Crippen molar-refractivity contribution in [3.63, 3.8) is 0 Å².